The Balaban J connectivity index is 1.87. The number of hydrogen-bond acceptors (Lipinski definition) is 7. The lowest BCUT2D eigenvalue weighted by molar-refractivity contribution is -0.139. The zero-order valence-electron chi connectivity index (χ0n) is 19.3. The van der Waals surface area contributed by atoms with Gasteiger partial charge in [0, 0.05) is 0 Å². The van der Waals surface area contributed by atoms with Crippen LogP contribution in [0.2, 0.25) is 0 Å². The molecule has 0 saturated heterocycles. The second-order valence-corrected chi connectivity index (χ2v) is 8.84. The van der Waals surface area contributed by atoms with E-state index in [4.69, 9.17) is 9.47 Å². The van der Waals surface area contributed by atoms with Gasteiger partial charge in [-0.3, -0.25) is 9.36 Å². The highest BCUT2D eigenvalue weighted by Crippen LogP contribution is 2.30. The lowest BCUT2D eigenvalue weighted by Crippen LogP contribution is -2.39. The van der Waals surface area contributed by atoms with E-state index in [2.05, 4.69) is 4.99 Å². The Labute approximate surface area is 200 Å². The first-order valence-electron chi connectivity index (χ1n) is 10.8. The van der Waals surface area contributed by atoms with Gasteiger partial charge in [-0.1, -0.05) is 53.3 Å². The van der Waals surface area contributed by atoms with E-state index in [0.717, 1.165) is 16.7 Å². The smallest absolute Gasteiger partial charge is 0.338 e. The highest BCUT2D eigenvalue weighted by molar-refractivity contribution is 7.07. The number of methoxy groups -OCH3 is 1. The van der Waals surface area contributed by atoms with E-state index in [0.29, 0.717) is 26.2 Å². The van der Waals surface area contributed by atoms with Gasteiger partial charge in [0.1, 0.15) is 0 Å². The molecule has 0 spiro atoms. The van der Waals surface area contributed by atoms with Crippen molar-refractivity contribution in [2.75, 3.05) is 13.7 Å². The van der Waals surface area contributed by atoms with Gasteiger partial charge in [0.05, 0.1) is 41.1 Å². The van der Waals surface area contributed by atoms with E-state index < -0.39 is 18.0 Å². The van der Waals surface area contributed by atoms with Gasteiger partial charge in [0.15, 0.2) is 4.80 Å². The van der Waals surface area contributed by atoms with Crippen LogP contribution in [-0.2, 0) is 14.3 Å². The second kappa shape index (κ2) is 9.61. The van der Waals surface area contributed by atoms with E-state index in [1.54, 1.807) is 48.8 Å². The molecule has 0 saturated carbocycles. The van der Waals surface area contributed by atoms with Crippen LogP contribution in [0, 0.1) is 6.92 Å². The maximum absolute atomic E-state index is 13.6. The number of esters is 2. The molecule has 0 N–H and O–H groups in total. The normalized spacial score (nSPS) is 15.5. The number of carbonyl (C=O) groups excluding carboxylic acids is 2. The van der Waals surface area contributed by atoms with Crippen molar-refractivity contribution in [3.8, 4) is 0 Å². The van der Waals surface area contributed by atoms with Crippen LogP contribution in [0.5, 0.6) is 0 Å². The summed E-state index contributed by atoms with van der Waals surface area (Å²) in [4.78, 5) is 43.2. The van der Waals surface area contributed by atoms with Gasteiger partial charge in [0.2, 0.25) is 0 Å². The first-order valence-corrected chi connectivity index (χ1v) is 11.6. The summed E-state index contributed by atoms with van der Waals surface area (Å²) in [6.45, 7) is 5.71. The van der Waals surface area contributed by atoms with E-state index in [1.165, 1.54) is 18.4 Å². The molecule has 174 valence electrons. The number of hydrogen-bond donors (Lipinski definition) is 0. The minimum absolute atomic E-state index is 0.224. The quantitative estimate of drug-likeness (QED) is 0.529. The standard InChI is InChI=1S/C26H24N2O5S/c1-5-33-25(31)21-16(3)27-26-28(22(21)18-10-6-15(2)7-11-18)23(29)20(34-26)14-17-8-12-19(13-9-17)24(30)32-4/h6-14,22H,5H2,1-4H3/b20-14+/t22-/m0/s1. The van der Waals surface area contributed by atoms with Crippen molar-refractivity contribution in [3.63, 3.8) is 0 Å². The molecule has 3 aromatic rings. The number of allylic oxidation sites excluding steroid dienone is 1. The monoisotopic (exact) mass is 476 g/mol. The average Bonchev–Trinajstić information content (AvgIpc) is 3.13. The maximum atomic E-state index is 13.6. The van der Waals surface area contributed by atoms with Gasteiger partial charge in [-0.25, -0.2) is 14.6 Å². The van der Waals surface area contributed by atoms with Crippen molar-refractivity contribution in [1.82, 2.24) is 4.57 Å². The predicted molar refractivity (Wildman–Crippen MR) is 129 cm³/mol. The Morgan fingerprint density at radius 1 is 1.06 bits per heavy atom. The molecule has 4 rings (SSSR count). The van der Waals surface area contributed by atoms with Gasteiger partial charge in [-0.15, -0.1) is 0 Å². The second-order valence-electron chi connectivity index (χ2n) is 7.83. The molecule has 2 aromatic carbocycles. The molecule has 0 amide bonds. The molecular weight excluding hydrogens is 452 g/mol. The van der Waals surface area contributed by atoms with Crippen LogP contribution in [0.1, 0.15) is 46.9 Å². The number of benzene rings is 2. The van der Waals surface area contributed by atoms with Crippen molar-refractivity contribution >= 4 is 29.4 Å². The number of thiazole rings is 1. The summed E-state index contributed by atoms with van der Waals surface area (Å²) in [6.07, 6.45) is 1.75. The Morgan fingerprint density at radius 2 is 1.74 bits per heavy atom. The van der Waals surface area contributed by atoms with Crippen molar-refractivity contribution < 1.29 is 19.1 Å². The van der Waals surface area contributed by atoms with Gasteiger partial charge < -0.3 is 9.47 Å². The number of rotatable bonds is 5. The summed E-state index contributed by atoms with van der Waals surface area (Å²) >= 11 is 1.25. The first kappa shape index (κ1) is 23.4. The zero-order chi connectivity index (χ0) is 24.4. The van der Waals surface area contributed by atoms with Gasteiger partial charge >= 0.3 is 11.9 Å². The zero-order valence-corrected chi connectivity index (χ0v) is 20.1. The molecular formula is C26H24N2O5S. The third kappa shape index (κ3) is 4.36. The topological polar surface area (TPSA) is 87.0 Å². The van der Waals surface area contributed by atoms with Crippen LogP contribution in [0.15, 0.2) is 69.6 Å². The SMILES string of the molecule is CCOC(=O)C1=C(C)N=c2s/c(=C/c3ccc(C(=O)OC)cc3)c(=O)n2[C@H]1c1ccc(C)cc1. The molecule has 1 aliphatic rings. The number of nitrogens with zero attached hydrogens (tertiary/aromatic N) is 2. The van der Waals surface area contributed by atoms with Crippen LogP contribution in [0.4, 0.5) is 0 Å². The lowest BCUT2D eigenvalue weighted by atomic mass is 9.95. The summed E-state index contributed by atoms with van der Waals surface area (Å²) in [6, 6.07) is 13.9. The molecule has 2 heterocycles. The van der Waals surface area contributed by atoms with Gasteiger partial charge in [-0.2, -0.15) is 0 Å². The third-order valence-electron chi connectivity index (χ3n) is 5.54. The van der Waals surface area contributed by atoms with E-state index in [9.17, 15) is 14.4 Å². The number of carbonyl (C=O) groups is 2. The predicted octanol–water partition coefficient (Wildman–Crippen LogP) is 2.89. The Bertz CT molecular complexity index is 1460. The van der Waals surface area contributed by atoms with Crippen LogP contribution < -0.4 is 14.9 Å². The highest BCUT2D eigenvalue weighted by Gasteiger charge is 2.33. The Kier molecular flexibility index (Phi) is 6.61. The Hall–Kier alpha value is -3.78. The van der Waals surface area contributed by atoms with Crippen LogP contribution in [-0.4, -0.2) is 30.2 Å². The summed E-state index contributed by atoms with van der Waals surface area (Å²) < 4.78 is 12.1. The molecule has 7 nitrogen and oxygen atoms in total. The molecule has 0 radical (unpaired) electrons. The largest absolute Gasteiger partial charge is 0.465 e. The van der Waals surface area contributed by atoms with Crippen molar-refractivity contribution in [2.45, 2.75) is 26.8 Å². The van der Waals surface area contributed by atoms with Gasteiger partial charge in [0.25, 0.3) is 5.56 Å². The minimum Gasteiger partial charge on any atom is -0.465 e. The summed E-state index contributed by atoms with van der Waals surface area (Å²) in [5.74, 6) is -0.909. The molecule has 0 unspecified atom stereocenters. The summed E-state index contributed by atoms with van der Waals surface area (Å²) in [5.41, 5.74) is 3.69. The third-order valence-corrected chi connectivity index (χ3v) is 6.52. The Morgan fingerprint density at radius 3 is 2.35 bits per heavy atom. The minimum atomic E-state index is -0.639. The molecule has 1 aliphatic heterocycles. The number of aromatic nitrogens is 1. The highest BCUT2D eigenvalue weighted by atomic mass is 32.1. The fourth-order valence-electron chi connectivity index (χ4n) is 3.84. The number of ether oxygens (including phenoxy) is 2. The molecule has 1 atom stereocenters. The molecule has 34 heavy (non-hydrogen) atoms. The maximum Gasteiger partial charge on any atom is 0.338 e. The number of aryl methyl sites for hydroxylation is 1. The molecule has 0 aliphatic carbocycles. The van der Waals surface area contributed by atoms with Crippen molar-refractivity contribution in [1.29, 1.82) is 0 Å². The fourth-order valence-corrected chi connectivity index (χ4v) is 4.89. The summed E-state index contributed by atoms with van der Waals surface area (Å²) in [7, 11) is 1.33. The molecule has 1 aromatic heterocycles. The van der Waals surface area contributed by atoms with Crippen molar-refractivity contribution in [3.05, 3.63) is 102 Å². The van der Waals surface area contributed by atoms with Crippen LogP contribution in [0.25, 0.3) is 6.08 Å². The van der Waals surface area contributed by atoms with Crippen LogP contribution in [0.3, 0.4) is 0 Å². The molecule has 8 heteroatoms. The van der Waals surface area contributed by atoms with Crippen molar-refractivity contribution in [2.24, 2.45) is 4.99 Å². The van der Waals surface area contributed by atoms with E-state index in [1.807, 2.05) is 31.2 Å². The first-order chi connectivity index (χ1) is 16.3. The summed E-state index contributed by atoms with van der Waals surface area (Å²) in [5, 5.41) is 0. The average molecular weight is 477 g/mol. The molecule has 0 fully saturated rings. The van der Waals surface area contributed by atoms with Gasteiger partial charge in [-0.05, 0) is 50.1 Å². The fraction of sp³-hybridized carbons (Fsp3) is 0.231. The van der Waals surface area contributed by atoms with E-state index >= 15 is 0 Å². The number of fused-ring (bicyclic) bond motifs is 1. The molecule has 0 bridgehead atoms. The van der Waals surface area contributed by atoms with Crippen LogP contribution >= 0.6 is 11.3 Å². The van der Waals surface area contributed by atoms with E-state index in [-0.39, 0.29) is 12.2 Å². The lowest BCUT2D eigenvalue weighted by Gasteiger charge is -2.24.